The van der Waals surface area contributed by atoms with Crippen molar-refractivity contribution in [1.82, 2.24) is 9.78 Å². The summed E-state index contributed by atoms with van der Waals surface area (Å²) in [5.74, 6) is 0.155. The van der Waals surface area contributed by atoms with Crippen molar-refractivity contribution >= 4 is 5.82 Å². The highest BCUT2D eigenvalue weighted by Crippen LogP contribution is 2.37. The number of nitrogens with two attached hydrogens (primary N) is 1. The van der Waals surface area contributed by atoms with Crippen LogP contribution in [-0.2, 0) is 7.05 Å². The number of nitrogens with zero attached hydrogens (tertiary/aromatic N) is 2. The lowest BCUT2D eigenvalue weighted by Gasteiger charge is -2.06. The molecule has 0 saturated carbocycles. The van der Waals surface area contributed by atoms with Crippen molar-refractivity contribution in [2.45, 2.75) is 6.92 Å². The van der Waals surface area contributed by atoms with Crippen LogP contribution in [0.2, 0.25) is 0 Å². The molecule has 0 bridgehead atoms. The van der Waals surface area contributed by atoms with E-state index in [1.165, 1.54) is 6.07 Å². The quantitative estimate of drug-likeness (QED) is 0.776. The van der Waals surface area contributed by atoms with Crippen molar-refractivity contribution in [3.63, 3.8) is 0 Å². The largest absolute Gasteiger partial charge is 0.383 e. The van der Waals surface area contributed by atoms with Crippen molar-refractivity contribution in [2.24, 2.45) is 7.05 Å². The Bertz CT molecular complexity index is 806. The monoisotopic (exact) mass is 281 g/mol. The first-order valence-corrected chi connectivity index (χ1v) is 6.72. The van der Waals surface area contributed by atoms with Crippen LogP contribution in [0.25, 0.3) is 22.4 Å². The maximum atomic E-state index is 14.1. The van der Waals surface area contributed by atoms with Gasteiger partial charge in [0.1, 0.15) is 17.3 Å². The van der Waals surface area contributed by atoms with Gasteiger partial charge < -0.3 is 5.73 Å². The van der Waals surface area contributed by atoms with E-state index in [-0.39, 0.29) is 5.82 Å². The number of aromatic nitrogens is 2. The summed E-state index contributed by atoms with van der Waals surface area (Å²) in [5.41, 5.74) is 9.98. The minimum atomic E-state index is -0.300. The van der Waals surface area contributed by atoms with Crippen LogP contribution in [0.1, 0.15) is 5.56 Å². The fourth-order valence-electron chi connectivity index (χ4n) is 2.46. The number of hydrogen-bond acceptors (Lipinski definition) is 2. The van der Waals surface area contributed by atoms with E-state index in [1.807, 2.05) is 31.2 Å². The molecule has 0 fully saturated rings. The molecule has 2 N–H and O–H groups in total. The lowest BCUT2D eigenvalue weighted by atomic mass is 9.99. The number of benzene rings is 2. The predicted octanol–water partition coefficient (Wildman–Crippen LogP) is 3.78. The van der Waals surface area contributed by atoms with Crippen LogP contribution in [0.4, 0.5) is 10.2 Å². The normalized spacial score (nSPS) is 10.8. The first-order chi connectivity index (χ1) is 10.1. The van der Waals surface area contributed by atoms with Crippen LogP contribution in [0.3, 0.4) is 0 Å². The maximum Gasteiger partial charge on any atom is 0.131 e. The molecule has 0 saturated heterocycles. The summed E-state index contributed by atoms with van der Waals surface area (Å²) < 4.78 is 15.7. The molecule has 106 valence electrons. The third kappa shape index (κ3) is 2.29. The molecule has 4 heteroatoms. The van der Waals surface area contributed by atoms with Crippen LogP contribution < -0.4 is 5.73 Å². The van der Waals surface area contributed by atoms with E-state index in [4.69, 9.17) is 5.73 Å². The molecular weight excluding hydrogens is 265 g/mol. The lowest BCUT2D eigenvalue weighted by molar-refractivity contribution is 0.631. The van der Waals surface area contributed by atoms with Gasteiger partial charge >= 0.3 is 0 Å². The number of aryl methyl sites for hydroxylation is 2. The fraction of sp³-hybridized carbons (Fsp3) is 0.118. The van der Waals surface area contributed by atoms with E-state index in [0.29, 0.717) is 22.6 Å². The summed E-state index contributed by atoms with van der Waals surface area (Å²) in [6.45, 7) is 2.01. The molecule has 0 radical (unpaired) electrons. The smallest absolute Gasteiger partial charge is 0.131 e. The van der Waals surface area contributed by atoms with Crippen molar-refractivity contribution in [3.05, 3.63) is 59.9 Å². The molecular formula is C17H16FN3. The molecule has 0 aliphatic rings. The zero-order valence-corrected chi connectivity index (χ0v) is 12.0. The lowest BCUT2D eigenvalue weighted by Crippen LogP contribution is -1.98. The summed E-state index contributed by atoms with van der Waals surface area (Å²) in [7, 11) is 1.76. The molecule has 3 aromatic rings. The first-order valence-electron chi connectivity index (χ1n) is 6.72. The number of anilines is 1. The van der Waals surface area contributed by atoms with E-state index < -0.39 is 0 Å². The zero-order chi connectivity index (χ0) is 15.0. The maximum absolute atomic E-state index is 14.1. The molecule has 21 heavy (non-hydrogen) atoms. The van der Waals surface area contributed by atoms with Crippen LogP contribution in [-0.4, -0.2) is 9.78 Å². The third-order valence-corrected chi connectivity index (χ3v) is 3.53. The highest BCUT2D eigenvalue weighted by atomic mass is 19.1. The topological polar surface area (TPSA) is 43.8 Å². The predicted molar refractivity (Wildman–Crippen MR) is 83.2 cm³/mol. The molecule has 0 atom stereocenters. The molecule has 0 unspecified atom stereocenters. The molecule has 0 amide bonds. The van der Waals surface area contributed by atoms with Gasteiger partial charge in [0.05, 0.1) is 5.56 Å². The summed E-state index contributed by atoms with van der Waals surface area (Å²) >= 11 is 0. The highest BCUT2D eigenvalue weighted by Gasteiger charge is 2.19. The van der Waals surface area contributed by atoms with Gasteiger partial charge in [-0.3, -0.25) is 4.68 Å². The highest BCUT2D eigenvalue weighted by molar-refractivity contribution is 5.88. The Morgan fingerprint density at radius 2 is 1.86 bits per heavy atom. The number of halogens is 1. The fourth-order valence-corrected chi connectivity index (χ4v) is 2.46. The molecule has 2 aromatic carbocycles. The van der Waals surface area contributed by atoms with E-state index in [1.54, 1.807) is 29.9 Å². The Morgan fingerprint density at radius 1 is 1.10 bits per heavy atom. The minimum Gasteiger partial charge on any atom is -0.383 e. The molecule has 0 aliphatic heterocycles. The van der Waals surface area contributed by atoms with Gasteiger partial charge in [-0.2, -0.15) is 5.10 Å². The summed E-state index contributed by atoms with van der Waals surface area (Å²) in [6.07, 6.45) is 0. The average molecular weight is 281 g/mol. The van der Waals surface area contributed by atoms with Gasteiger partial charge in [-0.15, -0.1) is 0 Å². The number of rotatable bonds is 2. The third-order valence-electron chi connectivity index (χ3n) is 3.53. The van der Waals surface area contributed by atoms with Gasteiger partial charge in [-0.05, 0) is 19.1 Å². The second-order valence-corrected chi connectivity index (χ2v) is 5.08. The Balaban J connectivity index is 2.29. The van der Waals surface area contributed by atoms with Gasteiger partial charge in [0.25, 0.3) is 0 Å². The second-order valence-electron chi connectivity index (χ2n) is 5.08. The van der Waals surface area contributed by atoms with Gasteiger partial charge in [0.15, 0.2) is 0 Å². The van der Waals surface area contributed by atoms with Gasteiger partial charge in [0.2, 0.25) is 0 Å². The Hall–Kier alpha value is -2.62. The van der Waals surface area contributed by atoms with Crippen molar-refractivity contribution in [2.75, 3.05) is 5.73 Å². The molecule has 1 heterocycles. The van der Waals surface area contributed by atoms with Crippen LogP contribution in [0.5, 0.6) is 0 Å². The van der Waals surface area contributed by atoms with E-state index in [2.05, 4.69) is 5.10 Å². The standard InChI is InChI=1S/C17H16FN3/c1-11-6-5-7-12(10-11)16-15(17(19)21(2)20-16)13-8-3-4-9-14(13)18/h3-10H,19H2,1-2H3. The Labute approximate surface area is 122 Å². The summed E-state index contributed by atoms with van der Waals surface area (Å²) in [6, 6.07) is 14.6. The Morgan fingerprint density at radius 3 is 2.57 bits per heavy atom. The SMILES string of the molecule is Cc1cccc(-c2nn(C)c(N)c2-c2ccccc2F)c1. The zero-order valence-electron chi connectivity index (χ0n) is 12.0. The molecule has 3 rings (SSSR count). The first kappa shape index (κ1) is 13.4. The number of hydrogen-bond donors (Lipinski definition) is 1. The molecule has 3 nitrogen and oxygen atoms in total. The van der Waals surface area contributed by atoms with Gasteiger partial charge in [0, 0.05) is 18.2 Å². The van der Waals surface area contributed by atoms with E-state index in [0.717, 1.165) is 11.1 Å². The molecule has 0 aliphatic carbocycles. The minimum absolute atomic E-state index is 0.300. The number of nitrogen functional groups attached to an aromatic ring is 1. The Kier molecular flexibility index (Phi) is 3.22. The van der Waals surface area contributed by atoms with Crippen molar-refractivity contribution in [1.29, 1.82) is 0 Å². The van der Waals surface area contributed by atoms with Gasteiger partial charge in [-0.25, -0.2) is 4.39 Å². The van der Waals surface area contributed by atoms with E-state index >= 15 is 0 Å². The summed E-state index contributed by atoms with van der Waals surface area (Å²) in [5, 5.41) is 4.46. The van der Waals surface area contributed by atoms with Crippen LogP contribution in [0, 0.1) is 12.7 Å². The van der Waals surface area contributed by atoms with E-state index in [9.17, 15) is 4.39 Å². The van der Waals surface area contributed by atoms with Crippen molar-refractivity contribution in [3.8, 4) is 22.4 Å². The molecule has 0 spiro atoms. The summed E-state index contributed by atoms with van der Waals surface area (Å²) in [4.78, 5) is 0. The molecule has 1 aromatic heterocycles. The van der Waals surface area contributed by atoms with Crippen LogP contribution in [0.15, 0.2) is 48.5 Å². The van der Waals surface area contributed by atoms with Gasteiger partial charge in [-0.1, -0.05) is 42.0 Å². The van der Waals surface area contributed by atoms with Crippen molar-refractivity contribution < 1.29 is 4.39 Å². The van der Waals surface area contributed by atoms with Crippen LogP contribution >= 0.6 is 0 Å². The average Bonchev–Trinajstić information content (AvgIpc) is 2.76. The second kappa shape index (κ2) is 5.05.